The van der Waals surface area contributed by atoms with Crippen molar-refractivity contribution in [1.82, 2.24) is 10.2 Å². The third-order valence-corrected chi connectivity index (χ3v) is 2.79. The van der Waals surface area contributed by atoms with E-state index in [0.717, 1.165) is 11.3 Å². The Morgan fingerprint density at radius 1 is 1.16 bits per heavy atom. The highest BCUT2D eigenvalue weighted by Gasteiger charge is 2.18. The average molecular weight is 259 g/mol. The van der Waals surface area contributed by atoms with E-state index in [4.69, 9.17) is 4.42 Å². The number of rotatable bonds is 4. The minimum Gasteiger partial charge on any atom is -0.414 e. The lowest BCUT2D eigenvalue weighted by Crippen LogP contribution is -2.07. The van der Waals surface area contributed by atoms with E-state index in [0.29, 0.717) is 5.89 Å². The van der Waals surface area contributed by atoms with Crippen LogP contribution in [0.15, 0.2) is 28.7 Å². The van der Waals surface area contributed by atoms with Crippen LogP contribution in [0.5, 0.6) is 0 Å². The number of carbonyl (C=O) groups is 1. The third kappa shape index (κ3) is 2.81. The summed E-state index contributed by atoms with van der Waals surface area (Å²) in [5, 5.41) is 7.71. The summed E-state index contributed by atoms with van der Waals surface area (Å²) in [6.07, 6.45) is 0. The molecule has 0 N–H and O–H groups in total. The van der Waals surface area contributed by atoms with Crippen molar-refractivity contribution >= 4 is 11.5 Å². The molecule has 1 aromatic heterocycles. The first-order valence-corrected chi connectivity index (χ1v) is 6.14. The van der Waals surface area contributed by atoms with E-state index in [9.17, 15) is 4.79 Å². The molecular weight excluding hydrogens is 242 g/mol. The normalized spacial score (nSPS) is 10.8. The summed E-state index contributed by atoms with van der Waals surface area (Å²) >= 11 is 0. The first-order valence-electron chi connectivity index (χ1n) is 6.14. The van der Waals surface area contributed by atoms with Crippen LogP contribution >= 0.6 is 0 Å². The first-order chi connectivity index (χ1) is 8.99. The van der Waals surface area contributed by atoms with Gasteiger partial charge in [-0.15, -0.1) is 10.2 Å². The fourth-order valence-corrected chi connectivity index (χ4v) is 1.59. The maximum atomic E-state index is 11.7. The molecule has 0 bridgehead atoms. The molecule has 0 aliphatic heterocycles. The Hall–Kier alpha value is -2.17. The Balaban J connectivity index is 2.25. The molecule has 2 aromatic rings. The fraction of sp³-hybridized carbons (Fsp3) is 0.357. The van der Waals surface area contributed by atoms with Crippen LogP contribution in [0.3, 0.4) is 0 Å². The molecule has 0 unspecified atom stereocenters. The SMILES string of the molecule is CC(C)C(=O)c1nnc(-c2ccc(N(C)C)cc2)o1. The summed E-state index contributed by atoms with van der Waals surface area (Å²) in [7, 11) is 3.95. The second kappa shape index (κ2) is 5.22. The van der Waals surface area contributed by atoms with Gasteiger partial charge in [0.05, 0.1) is 0 Å². The molecule has 1 heterocycles. The lowest BCUT2D eigenvalue weighted by Gasteiger charge is -2.11. The molecular formula is C14H17N3O2. The molecule has 0 aliphatic carbocycles. The van der Waals surface area contributed by atoms with E-state index in [1.165, 1.54) is 0 Å². The topological polar surface area (TPSA) is 59.2 Å². The van der Waals surface area contributed by atoms with Crippen molar-refractivity contribution in [3.8, 4) is 11.5 Å². The minimum absolute atomic E-state index is 0.0710. The van der Waals surface area contributed by atoms with Gasteiger partial charge < -0.3 is 9.32 Å². The molecule has 0 aliphatic rings. The Morgan fingerprint density at radius 3 is 2.32 bits per heavy atom. The van der Waals surface area contributed by atoms with E-state index in [2.05, 4.69) is 10.2 Å². The fourth-order valence-electron chi connectivity index (χ4n) is 1.59. The van der Waals surface area contributed by atoms with Gasteiger partial charge >= 0.3 is 0 Å². The largest absolute Gasteiger partial charge is 0.414 e. The molecule has 5 nitrogen and oxygen atoms in total. The first kappa shape index (κ1) is 13.3. The molecule has 19 heavy (non-hydrogen) atoms. The summed E-state index contributed by atoms with van der Waals surface area (Å²) in [6, 6.07) is 7.71. The molecule has 0 atom stereocenters. The summed E-state index contributed by atoms with van der Waals surface area (Å²) in [5.41, 5.74) is 1.89. The van der Waals surface area contributed by atoms with Gasteiger partial charge in [-0.25, -0.2) is 0 Å². The quantitative estimate of drug-likeness (QED) is 0.790. The zero-order chi connectivity index (χ0) is 14.0. The number of nitrogens with zero attached hydrogens (tertiary/aromatic N) is 3. The highest BCUT2D eigenvalue weighted by Crippen LogP contribution is 2.22. The number of anilines is 1. The van der Waals surface area contributed by atoms with Gasteiger partial charge in [0.1, 0.15) is 0 Å². The van der Waals surface area contributed by atoms with Gasteiger partial charge in [0.15, 0.2) is 0 Å². The van der Waals surface area contributed by atoms with Gasteiger partial charge in [-0.2, -0.15) is 0 Å². The van der Waals surface area contributed by atoms with Crippen LogP contribution in [-0.4, -0.2) is 30.1 Å². The van der Waals surface area contributed by atoms with Crippen molar-refractivity contribution in [2.45, 2.75) is 13.8 Å². The lowest BCUT2D eigenvalue weighted by atomic mass is 10.1. The van der Waals surface area contributed by atoms with Crippen LogP contribution in [0.4, 0.5) is 5.69 Å². The summed E-state index contributed by atoms with van der Waals surface area (Å²) in [6.45, 7) is 3.61. The number of benzene rings is 1. The number of hydrogen-bond donors (Lipinski definition) is 0. The predicted octanol–water partition coefficient (Wildman–Crippen LogP) is 2.64. The Kier molecular flexibility index (Phi) is 3.64. The van der Waals surface area contributed by atoms with Crippen LogP contribution in [0, 0.1) is 5.92 Å². The van der Waals surface area contributed by atoms with Crippen LogP contribution in [0.2, 0.25) is 0 Å². The molecule has 0 radical (unpaired) electrons. The molecule has 5 heteroatoms. The molecule has 0 saturated carbocycles. The van der Waals surface area contributed by atoms with Crippen molar-refractivity contribution < 1.29 is 9.21 Å². The smallest absolute Gasteiger partial charge is 0.284 e. The highest BCUT2D eigenvalue weighted by molar-refractivity contribution is 5.93. The van der Waals surface area contributed by atoms with E-state index in [1.807, 2.05) is 43.3 Å². The molecule has 100 valence electrons. The number of Topliss-reactive ketones (excluding diaryl/α,β-unsaturated/α-hetero) is 1. The average Bonchev–Trinajstić information content (AvgIpc) is 2.87. The predicted molar refractivity (Wildman–Crippen MR) is 73.2 cm³/mol. The maximum absolute atomic E-state index is 11.7. The van der Waals surface area contributed by atoms with E-state index in [-0.39, 0.29) is 17.6 Å². The zero-order valence-corrected chi connectivity index (χ0v) is 11.5. The third-order valence-electron chi connectivity index (χ3n) is 2.79. The van der Waals surface area contributed by atoms with Gasteiger partial charge in [-0.1, -0.05) is 13.8 Å². The van der Waals surface area contributed by atoms with Crippen molar-refractivity contribution in [2.24, 2.45) is 5.92 Å². The zero-order valence-electron chi connectivity index (χ0n) is 11.5. The van der Waals surface area contributed by atoms with E-state index >= 15 is 0 Å². The Bertz CT molecular complexity index is 571. The number of aromatic nitrogens is 2. The van der Waals surface area contributed by atoms with Crippen LogP contribution in [0.1, 0.15) is 24.5 Å². The molecule has 0 amide bonds. The molecule has 0 fully saturated rings. The number of ketones is 1. The Labute approximate surface area is 112 Å². The summed E-state index contributed by atoms with van der Waals surface area (Å²) in [4.78, 5) is 13.7. The van der Waals surface area contributed by atoms with Crippen molar-refractivity contribution in [1.29, 1.82) is 0 Å². The van der Waals surface area contributed by atoms with Gasteiger partial charge in [0.25, 0.3) is 5.89 Å². The molecule has 1 aromatic carbocycles. The second-order valence-corrected chi connectivity index (χ2v) is 4.87. The van der Waals surface area contributed by atoms with Crippen molar-refractivity contribution in [2.75, 3.05) is 19.0 Å². The molecule has 0 saturated heterocycles. The monoisotopic (exact) mass is 259 g/mol. The van der Waals surface area contributed by atoms with Gasteiger partial charge in [-0.05, 0) is 24.3 Å². The van der Waals surface area contributed by atoms with Crippen LogP contribution < -0.4 is 4.90 Å². The van der Waals surface area contributed by atoms with Gasteiger partial charge in [-0.3, -0.25) is 4.79 Å². The second-order valence-electron chi connectivity index (χ2n) is 4.87. The van der Waals surface area contributed by atoms with Crippen molar-refractivity contribution in [3.63, 3.8) is 0 Å². The van der Waals surface area contributed by atoms with Gasteiger partial charge in [0, 0.05) is 31.3 Å². The highest BCUT2D eigenvalue weighted by atomic mass is 16.4. The van der Waals surface area contributed by atoms with Crippen LogP contribution in [0.25, 0.3) is 11.5 Å². The van der Waals surface area contributed by atoms with Crippen LogP contribution in [-0.2, 0) is 0 Å². The molecule has 0 spiro atoms. The standard InChI is InChI=1S/C14H17N3O2/c1-9(2)12(18)14-16-15-13(19-14)10-5-7-11(8-6-10)17(3)4/h5-9H,1-4H3. The molecule has 2 rings (SSSR count). The summed E-state index contributed by atoms with van der Waals surface area (Å²) < 4.78 is 5.41. The summed E-state index contributed by atoms with van der Waals surface area (Å²) in [5.74, 6) is 0.157. The van der Waals surface area contributed by atoms with Crippen molar-refractivity contribution in [3.05, 3.63) is 30.2 Å². The maximum Gasteiger partial charge on any atom is 0.284 e. The van der Waals surface area contributed by atoms with E-state index in [1.54, 1.807) is 13.8 Å². The lowest BCUT2D eigenvalue weighted by molar-refractivity contribution is 0.0905. The number of carbonyl (C=O) groups excluding carboxylic acids is 1. The van der Waals surface area contributed by atoms with Gasteiger partial charge in [0.2, 0.25) is 11.7 Å². The number of hydrogen-bond acceptors (Lipinski definition) is 5. The minimum atomic E-state index is -0.149. The Morgan fingerprint density at radius 2 is 1.79 bits per heavy atom. The van der Waals surface area contributed by atoms with E-state index < -0.39 is 0 Å².